The molecular formula is C16H27NO3. The fraction of sp³-hybridized carbons (Fsp3) is 0.562. The van der Waals surface area contributed by atoms with Crippen LogP contribution in [0.5, 0.6) is 5.75 Å². The number of benzene rings is 1. The van der Waals surface area contributed by atoms with Crippen molar-refractivity contribution in [1.29, 1.82) is 0 Å². The average molecular weight is 281 g/mol. The first-order valence-corrected chi connectivity index (χ1v) is 7.21. The summed E-state index contributed by atoms with van der Waals surface area (Å²) in [6.07, 6.45) is 5.54. The van der Waals surface area contributed by atoms with E-state index in [2.05, 4.69) is 19.2 Å². The summed E-state index contributed by atoms with van der Waals surface area (Å²) in [5.74, 6) is 0.446. The topological polar surface area (TPSA) is 58.6 Å². The fourth-order valence-electron chi connectivity index (χ4n) is 1.41. The number of ether oxygens (including phenoxy) is 1. The standard InChI is InChI=1S/C10H13NO3.C6H14/c1-11-10(13)7-14-9-4-2-8(6-12)3-5-9;1-3-5-6-4-2/h2-5,12H,6-7H2,1H3,(H,11,13);3-6H2,1-2H3. The molecular weight excluding hydrogens is 254 g/mol. The lowest BCUT2D eigenvalue weighted by atomic mass is 10.2. The van der Waals surface area contributed by atoms with Gasteiger partial charge in [-0.25, -0.2) is 0 Å². The van der Waals surface area contributed by atoms with Crippen molar-refractivity contribution in [1.82, 2.24) is 5.32 Å². The molecule has 0 unspecified atom stereocenters. The number of rotatable bonds is 7. The molecule has 0 radical (unpaired) electrons. The second-order valence-electron chi connectivity index (χ2n) is 4.47. The molecule has 1 aromatic carbocycles. The third kappa shape index (κ3) is 9.39. The van der Waals surface area contributed by atoms with E-state index in [-0.39, 0.29) is 19.1 Å². The van der Waals surface area contributed by atoms with Crippen LogP contribution < -0.4 is 10.1 Å². The van der Waals surface area contributed by atoms with Crippen LogP contribution in [-0.2, 0) is 11.4 Å². The van der Waals surface area contributed by atoms with Crippen molar-refractivity contribution in [2.45, 2.75) is 46.1 Å². The van der Waals surface area contributed by atoms with Crippen LogP contribution in [0, 0.1) is 0 Å². The number of unbranched alkanes of at least 4 members (excludes halogenated alkanes) is 3. The minimum Gasteiger partial charge on any atom is -0.484 e. The Morgan fingerprint density at radius 3 is 2.10 bits per heavy atom. The summed E-state index contributed by atoms with van der Waals surface area (Å²) in [6, 6.07) is 6.93. The van der Waals surface area contributed by atoms with E-state index >= 15 is 0 Å². The van der Waals surface area contributed by atoms with Gasteiger partial charge >= 0.3 is 0 Å². The molecule has 0 aliphatic carbocycles. The van der Waals surface area contributed by atoms with Gasteiger partial charge in [0, 0.05) is 7.05 Å². The maximum atomic E-state index is 10.8. The van der Waals surface area contributed by atoms with Crippen molar-refractivity contribution in [3.05, 3.63) is 29.8 Å². The van der Waals surface area contributed by atoms with E-state index in [0.717, 1.165) is 5.56 Å². The maximum Gasteiger partial charge on any atom is 0.257 e. The van der Waals surface area contributed by atoms with Crippen LogP contribution in [-0.4, -0.2) is 24.7 Å². The van der Waals surface area contributed by atoms with Gasteiger partial charge < -0.3 is 15.2 Å². The molecule has 0 saturated heterocycles. The van der Waals surface area contributed by atoms with E-state index in [1.165, 1.54) is 25.7 Å². The minimum absolute atomic E-state index is 0.00890. The zero-order chi connectivity index (χ0) is 15.2. The summed E-state index contributed by atoms with van der Waals surface area (Å²) in [5, 5.41) is 11.2. The molecule has 1 rings (SSSR count). The second-order valence-corrected chi connectivity index (χ2v) is 4.47. The normalized spacial score (nSPS) is 9.40. The molecule has 0 bridgehead atoms. The zero-order valence-corrected chi connectivity index (χ0v) is 12.8. The van der Waals surface area contributed by atoms with E-state index < -0.39 is 0 Å². The highest BCUT2D eigenvalue weighted by molar-refractivity contribution is 5.77. The molecule has 2 N–H and O–H groups in total. The first-order valence-electron chi connectivity index (χ1n) is 7.21. The Hall–Kier alpha value is -1.55. The predicted octanol–water partition coefficient (Wildman–Crippen LogP) is 2.89. The molecule has 0 aliphatic rings. The quantitative estimate of drug-likeness (QED) is 0.756. The number of amides is 1. The molecule has 0 fully saturated rings. The van der Waals surface area contributed by atoms with Gasteiger partial charge in [-0.05, 0) is 17.7 Å². The maximum absolute atomic E-state index is 10.8. The lowest BCUT2D eigenvalue weighted by molar-refractivity contribution is -0.122. The Labute approximate surface area is 122 Å². The lowest BCUT2D eigenvalue weighted by Crippen LogP contribution is -2.24. The predicted molar refractivity (Wildman–Crippen MR) is 81.7 cm³/mol. The van der Waals surface area contributed by atoms with Gasteiger partial charge in [-0.3, -0.25) is 4.79 Å². The first-order chi connectivity index (χ1) is 9.67. The zero-order valence-electron chi connectivity index (χ0n) is 12.8. The van der Waals surface area contributed by atoms with E-state index in [9.17, 15) is 4.79 Å². The molecule has 0 aliphatic heterocycles. The van der Waals surface area contributed by atoms with E-state index in [1.807, 2.05) is 0 Å². The Kier molecular flexibility index (Phi) is 11.5. The molecule has 0 atom stereocenters. The molecule has 0 spiro atoms. The van der Waals surface area contributed by atoms with Crippen molar-refractivity contribution in [3.8, 4) is 5.75 Å². The van der Waals surface area contributed by atoms with Crippen LogP contribution >= 0.6 is 0 Å². The summed E-state index contributed by atoms with van der Waals surface area (Å²) >= 11 is 0. The monoisotopic (exact) mass is 281 g/mol. The summed E-state index contributed by atoms with van der Waals surface area (Å²) in [7, 11) is 1.56. The SMILES string of the molecule is CCCCCC.CNC(=O)COc1ccc(CO)cc1. The van der Waals surface area contributed by atoms with E-state index in [1.54, 1.807) is 31.3 Å². The summed E-state index contributed by atoms with van der Waals surface area (Å²) in [5.41, 5.74) is 0.817. The van der Waals surface area contributed by atoms with Crippen LogP contribution in [0.4, 0.5) is 0 Å². The second kappa shape index (κ2) is 12.5. The number of likely N-dealkylation sites (N-methyl/N-ethyl adjacent to an activating group) is 1. The number of carbonyl (C=O) groups is 1. The largest absolute Gasteiger partial charge is 0.484 e. The van der Waals surface area contributed by atoms with Gasteiger partial charge in [0.25, 0.3) is 5.91 Å². The number of carbonyl (C=O) groups excluding carboxylic acids is 1. The number of aliphatic hydroxyl groups is 1. The molecule has 1 amide bonds. The molecule has 0 aromatic heterocycles. The Morgan fingerprint density at radius 1 is 1.15 bits per heavy atom. The van der Waals surface area contributed by atoms with Gasteiger partial charge in [-0.1, -0.05) is 51.7 Å². The van der Waals surface area contributed by atoms with Gasteiger partial charge in [0.15, 0.2) is 6.61 Å². The summed E-state index contributed by atoms with van der Waals surface area (Å²) in [6.45, 7) is 4.48. The third-order valence-corrected chi connectivity index (χ3v) is 2.71. The van der Waals surface area contributed by atoms with E-state index in [0.29, 0.717) is 5.75 Å². The number of hydrogen-bond acceptors (Lipinski definition) is 3. The highest BCUT2D eigenvalue weighted by atomic mass is 16.5. The molecule has 20 heavy (non-hydrogen) atoms. The molecule has 4 heteroatoms. The van der Waals surface area contributed by atoms with Crippen molar-refractivity contribution in [2.75, 3.05) is 13.7 Å². The first kappa shape index (κ1) is 18.4. The Balaban J connectivity index is 0.000000511. The van der Waals surface area contributed by atoms with Crippen molar-refractivity contribution in [2.24, 2.45) is 0 Å². The van der Waals surface area contributed by atoms with Gasteiger partial charge in [0.2, 0.25) is 0 Å². The number of nitrogens with one attached hydrogen (secondary N) is 1. The van der Waals surface area contributed by atoms with Crippen LogP contribution in [0.2, 0.25) is 0 Å². The molecule has 1 aromatic rings. The molecule has 0 heterocycles. The van der Waals surface area contributed by atoms with Gasteiger partial charge in [-0.15, -0.1) is 0 Å². The van der Waals surface area contributed by atoms with Crippen molar-refractivity contribution in [3.63, 3.8) is 0 Å². The average Bonchev–Trinajstić information content (AvgIpc) is 2.51. The number of hydrogen-bond donors (Lipinski definition) is 2. The van der Waals surface area contributed by atoms with Crippen LogP contribution in [0.1, 0.15) is 45.1 Å². The lowest BCUT2D eigenvalue weighted by Gasteiger charge is -2.05. The van der Waals surface area contributed by atoms with Crippen molar-refractivity contribution < 1.29 is 14.6 Å². The summed E-state index contributed by atoms with van der Waals surface area (Å²) < 4.78 is 5.16. The minimum atomic E-state index is -0.170. The fourth-order valence-corrected chi connectivity index (χ4v) is 1.41. The molecule has 4 nitrogen and oxygen atoms in total. The summed E-state index contributed by atoms with van der Waals surface area (Å²) in [4.78, 5) is 10.8. The number of aliphatic hydroxyl groups excluding tert-OH is 1. The van der Waals surface area contributed by atoms with Crippen LogP contribution in [0.25, 0.3) is 0 Å². The Morgan fingerprint density at radius 2 is 1.70 bits per heavy atom. The van der Waals surface area contributed by atoms with Gasteiger partial charge in [0.1, 0.15) is 5.75 Å². The van der Waals surface area contributed by atoms with Crippen LogP contribution in [0.3, 0.4) is 0 Å². The third-order valence-electron chi connectivity index (χ3n) is 2.71. The smallest absolute Gasteiger partial charge is 0.257 e. The highest BCUT2D eigenvalue weighted by Crippen LogP contribution is 2.11. The van der Waals surface area contributed by atoms with Gasteiger partial charge in [-0.2, -0.15) is 0 Å². The highest BCUT2D eigenvalue weighted by Gasteiger charge is 1.99. The van der Waals surface area contributed by atoms with E-state index in [4.69, 9.17) is 9.84 Å². The van der Waals surface area contributed by atoms with Crippen LogP contribution in [0.15, 0.2) is 24.3 Å². The van der Waals surface area contributed by atoms with Crippen molar-refractivity contribution >= 4 is 5.91 Å². The van der Waals surface area contributed by atoms with Gasteiger partial charge in [0.05, 0.1) is 6.61 Å². The Bertz CT molecular complexity index is 345. The molecule has 114 valence electrons. The molecule has 0 saturated carbocycles.